The summed E-state index contributed by atoms with van der Waals surface area (Å²) < 4.78 is 22.1. The number of rotatable bonds is 15. The van der Waals surface area contributed by atoms with Crippen molar-refractivity contribution in [1.29, 1.82) is 0 Å². The summed E-state index contributed by atoms with van der Waals surface area (Å²) in [6.45, 7) is 6.26. The van der Waals surface area contributed by atoms with E-state index in [0.717, 1.165) is 17.6 Å². The van der Waals surface area contributed by atoms with E-state index in [2.05, 4.69) is 10.6 Å². The van der Waals surface area contributed by atoms with Gasteiger partial charge in [-0.25, -0.2) is 19.2 Å². The number of likely N-dealkylation sites (N-methyl/N-ethyl adjacent to an activating group) is 1. The second kappa shape index (κ2) is 19.1. The third kappa shape index (κ3) is 11.7. The second-order valence-corrected chi connectivity index (χ2v) is 13.9. The van der Waals surface area contributed by atoms with E-state index >= 15 is 0 Å². The molecule has 4 aromatic carbocycles. The molecule has 0 bridgehead atoms. The van der Waals surface area contributed by atoms with Gasteiger partial charge in [-0.3, -0.25) is 9.69 Å². The first kappa shape index (κ1) is 42.2. The van der Waals surface area contributed by atoms with Gasteiger partial charge in [0.2, 0.25) is 5.91 Å². The van der Waals surface area contributed by atoms with Crippen molar-refractivity contribution < 1.29 is 53.1 Å². The maximum Gasteiger partial charge on any atom is 0.410 e. The number of carbonyl (C=O) groups is 5. The maximum absolute atomic E-state index is 13.5. The van der Waals surface area contributed by atoms with E-state index in [1.165, 1.54) is 26.1 Å². The number of carbonyl (C=O) groups excluding carboxylic acids is 4. The molecule has 4 N–H and O–H groups in total. The number of para-hydroxylation sites is 1. The lowest BCUT2D eigenvalue weighted by atomic mass is 9.91. The molecule has 0 aliphatic heterocycles. The molecule has 14 heteroatoms. The molecule has 0 aromatic heterocycles. The zero-order valence-electron chi connectivity index (χ0n) is 32.1. The molecule has 0 aliphatic rings. The van der Waals surface area contributed by atoms with Crippen LogP contribution in [0.1, 0.15) is 56.0 Å². The molecule has 296 valence electrons. The Morgan fingerprint density at radius 2 is 1.38 bits per heavy atom. The number of carboxylic acids is 1. The third-order valence-electron chi connectivity index (χ3n) is 8.38. The molecule has 0 heterocycles. The Balaban J connectivity index is 1.82. The summed E-state index contributed by atoms with van der Waals surface area (Å²) in [4.78, 5) is 66.4. The number of amides is 3. The second-order valence-electron chi connectivity index (χ2n) is 13.9. The number of hydrogen-bond acceptors (Lipinski definition) is 10. The highest BCUT2D eigenvalue weighted by atomic mass is 16.6. The van der Waals surface area contributed by atoms with Crippen LogP contribution in [0.25, 0.3) is 11.1 Å². The maximum atomic E-state index is 13.5. The van der Waals surface area contributed by atoms with Crippen LogP contribution in [0.4, 0.5) is 9.59 Å². The minimum Gasteiger partial charge on any atom is -0.507 e. The Bertz CT molecular complexity index is 2000. The number of methoxy groups -OCH3 is 1. The first-order chi connectivity index (χ1) is 26.6. The molecule has 4 rings (SSSR count). The van der Waals surface area contributed by atoms with Gasteiger partial charge in [-0.1, -0.05) is 78.9 Å². The molecule has 0 radical (unpaired) electrons. The number of aliphatic carboxylic acids is 1. The lowest BCUT2D eigenvalue weighted by molar-refractivity contribution is -0.145. The molecule has 14 nitrogen and oxygen atoms in total. The Labute approximate surface area is 325 Å². The number of esters is 1. The zero-order valence-corrected chi connectivity index (χ0v) is 32.1. The van der Waals surface area contributed by atoms with Crippen LogP contribution in [0.3, 0.4) is 0 Å². The Morgan fingerprint density at radius 1 is 0.786 bits per heavy atom. The van der Waals surface area contributed by atoms with Crippen molar-refractivity contribution in [3.8, 4) is 22.6 Å². The highest BCUT2D eigenvalue weighted by Crippen LogP contribution is 2.43. The van der Waals surface area contributed by atoms with E-state index in [1.807, 2.05) is 36.4 Å². The summed E-state index contributed by atoms with van der Waals surface area (Å²) in [6, 6.07) is 23.1. The topological polar surface area (TPSA) is 190 Å². The number of nitrogens with zero attached hydrogens (tertiary/aromatic N) is 1. The number of alkyl carbamates (subject to hydrolysis) is 1. The average Bonchev–Trinajstić information content (AvgIpc) is 3.15. The van der Waals surface area contributed by atoms with Gasteiger partial charge >= 0.3 is 24.1 Å². The number of phenols is 1. The van der Waals surface area contributed by atoms with E-state index in [-0.39, 0.29) is 47.8 Å². The normalized spacial score (nSPS) is 12.6. The van der Waals surface area contributed by atoms with Crippen LogP contribution in [0.5, 0.6) is 11.5 Å². The minimum atomic E-state index is -1.71. The molecule has 0 spiro atoms. The van der Waals surface area contributed by atoms with Crippen LogP contribution in [0.15, 0.2) is 97.1 Å². The number of benzene rings is 4. The Hall–Kier alpha value is -6.57. The van der Waals surface area contributed by atoms with Crippen LogP contribution in [-0.2, 0) is 48.2 Å². The molecule has 0 aliphatic carbocycles. The van der Waals surface area contributed by atoms with E-state index in [4.69, 9.17) is 18.9 Å². The quantitative estimate of drug-likeness (QED) is 0.0802. The first-order valence-electron chi connectivity index (χ1n) is 17.7. The van der Waals surface area contributed by atoms with Gasteiger partial charge in [-0.05, 0) is 62.6 Å². The molecule has 3 amide bonds. The molecule has 4 aromatic rings. The number of phenolic OH excluding ortho intramolecular Hbond substituents is 1. The fourth-order valence-electron chi connectivity index (χ4n) is 5.68. The summed E-state index contributed by atoms with van der Waals surface area (Å²) >= 11 is 0. The first-order valence-corrected chi connectivity index (χ1v) is 17.7. The predicted octanol–water partition coefficient (Wildman–Crippen LogP) is 6.15. The summed E-state index contributed by atoms with van der Waals surface area (Å²) in [5.74, 6) is -3.15. The fraction of sp³-hybridized carbons (Fsp3) is 0.310. The molecule has 0 saturated carbocycles. The predicted molar refractivity (Wildman–Crippen MR) is 206 cm³/mol. The summed E-state index contributed by atoms with van der Waals surface area (Å²) in [5, 5.41) is 26.9. The number of ether oxygens (including phenoxy) is 4. The lowest BCUT2D eigenvalue weighted by Crippen LogP contribution is -2.52. The van der Waals surface area contributed by atoms with E-state index < -0.39 is 53.8 Å². The summed E-state index contributed by atoms with van der Waals surface area (Å²) in [7, 11) is 2.41. The average molecular weight is 770 g/mol. The largest absolute Gasteiger partial charge is 0.507 e. The molecule has 3 atom stereocenters. The van der Waals surface area contributed by atoms with Gasteiger partial charge in [-0.2, -0.15) is 0 Å². The van der Waals surface area contributed by atoms with Gasteiger partial charge in [0.25, 0.3) is 0 Å². The molecule has 0 saturated heterocycles. The van der Waals surface area contributed by atoms with E-state index in [9.17, 15) is 34.2 Å². The van der Waals surface area contributed by atoms with Crippen molar-refractivity contribution in [2.45, 2.75) is 71.1 Å². The van der Waals surface area contributed by atoms with E-state index in [0.29, 0.717) is 11.1 Å². The van der Waals surface area contributed by atoms with Crippen molar-refractivity contribution in [1.82, 2.24) is 15.5 Å². The smallest absolute Gasteiger partial charge is 0.410 e. The summed E-state index contributed by atoms with van der Waals surface area (Å²) in [5.41, 5.74) is 1.38. The SMILES string of the molecule is COC(=O)C(Cc1cc(-c2ccccc2O)c(OCc2ccccc2)c(C(C(=O)O)N(C)C(=O)OCc2ccccc2)c1)NC(=O)C(C)NC(=O)OC(C)(C)C. The number of aromatic hydroxyl groups is 1. The molecule has 0 fully saturated rings. The van der Waals surface area contributed by atoms with Gasteiger partial charge < -0.3 is 39.8 Å². The molecular weight excluding hydrogens is 722 g/mol. The van der Waals surface area contributed by atoms with Crippen molar-refractivity contribution in [2.75, 3.05) is 14.2 Å². The lowest BCUT2D eigenvalue weighted by Gasteiger charge is -2.28. The van der Waals surface area contributed by atoms with Crippen LogP contribution in [0.2, 0.25) is 0 Å². The number of nitrogens with one attached hydrogen (secondary N) is 2. The standard InChI is InChI=1S/C42H47N3O11/c1-26(43-40(51)56-42(2,3)4)37(47)44-33(39(50)53-6)23-29-21-31(30-19-13-14-20-34(30)46)36(54-24-27-15-9-7-10-16-27)32(22-29)35(38(48)49)45(5)41(52)55-25-28-17-11-8-12-18-28/h7-22,26,33,35,46H,23-25H2,1-6H3,(H,43,51)(H,44,47)(H,48,49). The van der Waals surface area contributed by atoms with Crippen molar-refractivity contribution in [2.24, 2.45) is 0 Å². The molecular formula is C42H47N3O11. The van der Waals surface area contributed by atoms with E-state index in [1.54, 1.807) is 69.3 Å². The van der Waals surface area contributed by atoms with Crippen LogP contribution in [0, 0.1) is 0 Å². The van der Waals surface area contributed by atoms with Crippen molar-refractivity contribution in [3.05, 3.63) is 119 Å². The van der Waals surface area contributed by atoms with Gasteiger partial charge in [0.15, 0.2) is 6.04 Å². The summed E-state index contributed by atoms with van der Waals surface area (Å²) in [6.07, 6.45) is -2.04. The van der Waals surface area contributed by atoms with Crippen LogP contribution >= 0.6 is 0 Å². The van der Waals surface area contributed by atoms with Gasteiger partial charge in [-0.15, -0.1) is 0 Å². The van der Waals surface area contributed by atoms with Crippen LogP contribution in [-0.4, -0.2) is 77.0 Å². The molecule has 56 heavy (non-hydrogen) atoms. The Morgan fingerprint density at radius 3 is 1.95 bits per heavy atom. The number of carboxylic acid groups (broad SMARTS) is 1. The monoisotopic (exact) mass is 769 g/mol. The van der Waals surface area contributed by atoms with Crippen molar-refractivity contribution >= 4 is 30.0 Å². The van der Waals surface area contributed by atoms with Crippen LogP contribution < -0.4 is 15.4 Å². The minimum absolute atomic E-state index is 0.0155. The van der Waals surface area contributed by atoms with Gasteiger partial charge in [0, 0.05) is 30.2 Å². The van der Waals surface area contributed by atoms with Gasteiger partial charge in [0.05, 0.1) is 7.11 Å². The third-order valence-corrected chi connectivity index (χ3v) is 8.38. The zero-order chi connectivity index (χ0) is 41.0. The van der Waals surface area contributed by atoms with Gasteiger partial charge in [0.1, 0.15) is 42.4 Å². The number of hydrogen-bond donors (Lipinski definition) is 4. The highest BCUT2D eigenvalue weighted by Gasteiger charge is 2.35. The molecule has 3 unspecified atom stereocenters. The highest BCUT2D eigenvalue weighted by molar-refractivity contribution is 5.90. The Kier molecular flexibility index (Phi) is 14.4. The van der Waals surface area contributed by atoms with Crippen molar-refractivity contribution in [3.63, 3.8) is 0 Å². The fourth-order valence-corrected chi connectivity index (χ4v) is 5.68.